The molecule has 9 N–H and O–H groups in total. The monoisotopic (exact) mass is 804 g/mol. The first-order valence-electron chi connectivity index (χ1n) is 21.6. The average molecular weight is 804 g/mol. The molecule has 14 heteroatoms. The van der Waals surface area contributed by atoms with Gasteiger partial charge in [-0.3, -0.25) is 4.79 Å². The van der Waals surface area contributed by atoms with Crippen LogP contribution < -0.4 is 5.32 Å². The molecule has 0 bridgehead atoms. The molecule has 0 saturated carbocycles. The van der Waals surface area contributed by atoms with Gasteiger partial charge in [-0.1, -0.05) is 128 Å². The maximum Gasteiger partial charge on any atom is 0.220 e. The van der Waals surface area contributed by atoms with Crippen LogP contribution in [0.2, 0.25) is 0 Å². The van der Waals surface area contributed by atoms with E-state index in [1.807, 2.05) is 6.08 Å². The Labute approximate surface area is 335 Å². The second-order valence-corrected chi connectivity index (χ2v) is 15.5. The highest BCUT2D eigenvalue weighted by Crippen LogP contribution is 2.30. The van der Waals surface area contributed by atoms with Crippen LogP contribution in [0.5, 0.6) is 0 Å². The van der Waals surface area contributed by atoms with Gasteiger partial charge in [0.1, 0.15) is 48.8 Å². The van der Waals surface area contributed by atoms with E-state index in [0.29, 0.717) is 12.8 Å². The number of aliphatic hydroxyl groups excluding tert-OH is 8. The van der Waals surface area contributed by atoms with Gasteiger partial charge in [0, 0.05) is 6.42 Å². The first kappa shape index (κ1) is 50.6. The number of allylic oxidation sites excluding steroid dienone is 3. The molecule has 2 aliphatic heterocycles. The molecule has 0 aromatic carbocycles. The second-order valence-electron chi connectivity index (χ2n) is 15.5. The van der Waals surface area contributed by atoms with Gasteiger partial charge >= 0.3 is 0 Å². The highest BCUT2D eigenvalue weighted by Gasteiger charge is 2.50. The van der Waals surface area contributed by atoms with E-state index < -0.39 is 86.8 Å². The van der Waals surface area contributed by atoms with Crippen LogP contribution in [0.25, 0.3) is 0 Å². The maximum atomic E-state index is 12.8. The van der Waals surface area contributed by atoms with E-state index in [4.69, 9.17) is 18.9 Å². The van der Waals surface area contributed by atoms with Crippen LogP contribution in [0.1, 0.15) is 142 Å². The number of hydrogen-bond acceptors (Lipinski definition) is 13. The summed E-state index contributed by atoms with van der Waals surface area (Å²) in [5, 5.41) is 85.9. The standard InChI is InChI=1S/C42H77NO13/c1-3-5-7-9-10-11-12-13-14-15-16-17-18-19-20-21-22-23-25-31(46)30(43-34(47)26-24-8-6-4-2)29-53-41-39(52)37(50)40(33(28-45)55-41)56-42-38(51)36(49)35(48)32(27-44)54-42/h19-20,23,25,30-33,35-42,44-46,48-52H,3-18,21-22,24,26-29H2,1-2H3,(H,43,47)/b20-19+,25-23+. The lowest BCUT2D eigenvalue weighted by atomic mass is 9.97. The third-order valence-electron chi connectivity index (χ3n) is 10.6. The molecular weight excluding hydrogens is 726 g/mol. The molecule has 0 aliphatic carbocycles. The first-order valence-corrected chi connectivity index (χ1v) is 21.6. The van der Waals surface area contributed by atoms with Crippen molar-refractivity contribution >= 4 is 5.91 Å². The van der Waals surface area contributed by atoms with Gasteiger partial charge in [0.15, 0.2) is 12.6 Å². The highest BCUT2D eigenvalue weighted by atomic mass is 16.7. The number of ether oxygens (including phenoxy) is 4. The van der Waals surface area contributed by atoms with Crippen molar-refractivity contribution < 1.29 is 64.6 Å². The van der Waals surface area contributed by atoms with Crippen molar-refractivity contribution in [3.63, 3.8) is 0 Å². The minimum absolute atomic E-state index is 0.266. The van der Waals surface area contributed by atoms with Crippen molar-refractivity contribution in [2.45, 2.75) is 216 Å². The molecule has 14 nitrogen and oxygen atoms in total. The average Bonchev–Trinajstić information content (AvgIpc) is 3.19. The maximum absolute atomic E-state index is 12.8. The molecule has 328 valence electrons. The largest absolute Gasteiger partial charge is 0.394 e. The molecule has 56 heavy (non-hydrogen) atoms. The van der Waals surface area contributed by atoms with Gasteiger partial charge in [0.2, 0.25) is 5.91 Å². The van der Waals surface area contributed by atoms with Crippen molar-refractivity contribution in [3.8, 4) is 0 Å². The Bertz CT molecular complexity index is 1050. The Balaban J connectivity index is 1.84. The summed E-state index contributed by atoms with van der Waals surface area (Å²) in [7, 11) is 0. The number of hydrogen-bond donors (Lipinski definition) is 9. The van der Waals surface area contributed by atoms with Crippen molar-refractivity contribution in [3.05, 3.63) is 24.3 Å². The SMILES string of the molecule is CCCCCCCCCCCCCC/C=C/CC/C=C/C(O)C(COC1OC(CO)C(OC2OC(CO)C(O)C(O)C2O)C(O)C1O)NC(=O)CCCCCC. The summed E-state index contributed by atoms with van der Waals surface area (Å²) in [6, 6.07) is -0.921. The lowest BCUT2D eigenvalue weighted by Crippen LogP contribution is -2.65. The van der Waals surface area contributed by atoms with Gasteiger partial charge in [0.05, 0.1) is 32.0 Å². The van der Waals surface area contributed by atoms with Gasteiger partial charge in [-0.2, -0.15) is 0 Å². The predicted octanol–water partition coefficient (Wildman–Crippen LogP) is 3.43. The summed E-state index contributed by atoms with van der Waals surface area (Å²) in [5.74, 6) is -0.269. The Kier molecular flexibility index (Phi) is 27.6. The van der Waals surface area contributed by atoms with Gasteiger partial charge in [0.25, 0.3) is 0 Å². The fourth-order valence-corrected chi connectivity index (χ4v) is 7.01. The fourth-order valence-electron chi connectivity index (χ4n) is 7.01. The number of aliphatic hydroxyl groups is 8. The molecule has 12 unspecified atom stereocenters. The zero-order chi connectivity index (χ0) is 41.1. The Morgan fingerprint density at radius 1 is 0.625 bits per heavy atom. The normalized spacial score (nSPS) is 29.6. The topological polar surface area (TPSA) is 228 Å². The Morgan fingerprint density at radius 3 is 1.75 bits per heavy atom. The number of carbonyl (C=O) groups excluding carboxylic acids is 1. The van der Waals surface area contributed by atoms with Gasteiger partial charge in [-0.25, -0.2) is 0 Å². The van der Waals surface area contributed by atoms with Crippen LogP contribution in [-0.2, 0) is 23.7 Å². The number of unbranched alkanes of at least 4 members (excludes halogenated alkanes) is 16. The van der Waals surface area contributed by atoms with Crippen molar-refractivity contribution in [2.75, 3.05) is 19.8 Å². The van der Waals surface area contributed by atoms with E-state index in [-0.39, 0.29) is 18.9 Å². The summed E-state index contributed by atoms with van der Waals surface area (Å²) in [4.78, 5) is 12.8. The van der Waals surface area contributed by atoms with E-state index in [1.54, 1.807) is 6.08 Å². The molecule has 0 spiro atoms. The molecule has 2 fully saturated rings. The zero-order valence-corrected chi connectivity index (χ0v) is 34.1. The molecule has 12 atom stereocenters. The minimum atomic E-state index is -1.79. The van der Waals surface area contributed by atoms with E-state index in [2.05, 4.69) is 31.3 Å². The van der Waals surface area contributed by atoms with E-state index >= 15 is 0 Å². The second kappa shape index (κ2) is 30.5. The van der Waals surface area contributed by atoms with Crippen LogP contribution in [0.15, 0.2) is 24.3 Å². The van der Waals surface area contributed by atoms with Gasteiger partial charge < -0.3 is 65.1 Å². The number of carbonyl (C=O) groups is 1. The first-order chi connectivity index (χ1) is 27.1. The number of nitrogens with one attached hydrogen (secondary N) is 1. The van der Waals surface area contributed by atoms with E-state index in [0.717, 1.165) is 32.1 Å². The number of rotatable bonds is 31. The smallest absolute Gasteiger partial charge is 0.220 e. The molecule has 2 rings (SSSR count). The fraction of sp³-hybridized carbons (Fsp3) is 0.881. The summed E-state index contributed by atoms with van der Waals surface area (Å²) in [5.41, 5.74) is 0. The van der Waals surface area contributed by atoms with Crippen LogP contribution in [0.3, 0.4) is 0 Å². The third kappa shape index (κ3) is 19.0. The van der Waals surface area contributed by atoms with Crippen molar-refractivity contribution in [1.29, 1.82) is 0 Å². The predicted molar refractivity (Wildman–Crippen MR) is 212 cm³/mol. The Morgan fingerprint density at radius 2 is 1.14 bits per heavy atom. The molecular formula is C42H77NO13. The molecule has 0 radical (unpaired) electrons. The quantitative estimate of drug-likeness (QED) is 0.0362. The molecule has 1 amide bonds. The minimum Gasteiger partial charge on any atom is -0.394 e. The molecule has 2 heterocycles. The van der Waals surface area contributed by atoms with Crippen LogP contribution in [-0.4, -0.2) is 140 Å². The highest BCUT2D eigenvalue weighted by molar-refractivity contribution is 5.76. The summed E-state index contributed by atoms with van der Waals surface area (Å²) in [6.07, 6.45) is 13.1. The van der Waals surface area contributed by atoms with Crippen molar-refractivity contribution in [2.24, 2.45) is 0 Å². The lowest BCUT2D eigenvalue weighted by Gasteiger charge is -2.46. The van der Waals surface area contributed by atoms with E-state index in [9.17, 15) is 45.6 Å². The van der Waals surface area contributed by atoms with Crippen LogP contribution in [0.4, 0.5) is 0 Å². The van der Waals surface area contributed by atoms with Crippen molar-refractivity contribution in [1.82, 2.24) is 5.32 Å². The number of amides is 1. The summed E-state index contributed by atoms with van der Waals surface area (Å²) >= 11 is 0. The third-order valence-corrected chi connectivity index (χ3v) is 10.6. The van der Waals surface area contributed by atoms with Gasteiger partial charge in [-0.15, -0.1) is 0 Å². The lowest BCUT2D eigenvalue weighted by molar-refractivity contribution is -0.359. The summed E-state index contributed by atoms with van der Waals surface area (Å²) in [6.45, 7) is 2.60. The Hall–Kier alpha value is -1.53. The van der Waals surface area contributed by atoms with E-state index in [1.165, 1.54) is 77.0 Å². The van der Waals surface area contributed by atoms with Crippen LogP contribution in [0, 0.1) is 0 Å². The summed E-state index contributed by atoms with van der Waals surface area (Å²) < 4.78 is 22.5. The van der Waals surface area contributed by atoms with Gasteiger partial charge in [-0.05, 0) is 32.1 Å². The molecule has 0 aromatic heterocycles. The van der Waals surface area contributed by atoms with Crippen LogP contribution >= 0.6 is 0 Å². The molecule has 2 saturated heterocycles. The molecule has 2 aliphatic rings. The zero-order valence-electron chi connectivity index (χ0n) is 34.1. The molecule has 0 aromatic rings.